The molecule has 16 nitrogen and oxygen atoms in total. The predicted octanol–water partition coefficient (Wildman–Crippen LogP) is 2.87. The van der Waals surface area contributed by atoms with E-state index in [-0.39, 0.29) is 49.4 Å². The Balaban J connectivity index is 0.945. The molecule has 2 saturated heterocycles. The number of nitrogens with zero attached hydrogens (tertiary/aromatic N) is 9. The maximum Gasteiger partial charge on any atom is 0.332 e. The van der Waals surface area contributed by atoms with E-state index in [9.17, 15) is 19.6 Å². The normalized spacial score (nSPS) is 18.5. The van der Waals surface area contributed by atoms with Gasteiger partial charge in [0.05, 0.1) is 67.2 Å². The van der Waals surface area contributed by atoms with Crippen LogP contribution >= 0.6 is 11.6 Å². The number of hydrogen-bond acceptors (Lipinski definition) is 12. The number of nitriles is 1. The van der Waals surface area contributed by atoms with Crippen LogP contribution in [0.3, 0.4) is 0 Å². The van der Waals surface area contributed by atoms with E-state index in [0.29, 0.717) is 58.8 Å². The molecule has 0 spiro atoms. The number of carbonyl (C=O) groups excluding carboxylic acids is 3. The zero-order chi connectivity index (χ0) is 34.2. The van der Waals surface area contributed by atoms with E-state index in [4.69, 9.17) is 26.1 Å². The maximum absolute atomic E-state index is 13.4. The third kappa shape index (κ3) is 5.81. The van der Waals surface area contributed by atoms with Gasteiger partial charge in [0.2, 0.25) is 5.91 Å². The van der Waals surface area contributed by atoms with Gasteiger partial charge < -0.3 is 19.7 Å². The van der Waals surface area contributed by atoms with Gasteiger partial charge >= 0.3 is 6.03 Å². The predicted molar refractivity (Wildman–Crippen MR) is 176 cm³/mol. The van der Waals surface area contributed by atoms with Crippen LogP contribution in [-0.4, -0.2) is 104 Å². The molecule has 0 radical (unpaired) electrons. The first-order valence-electron chi connectivity index (χ1n) is 15.5. The van der Waals surface area contributed by atoms with Crippen LogP contribution in [-0.2, 0) is 19.1 Å². The summed E-state index contributed by atoms with van der Waals surface area (Å²) in [4.78, 5) is 61.7. The number of H-pyrrole nitrogens is 1. The molecule has 0 bridgehead atoms. The van der Waals surface area contributed by atoms with Gasteiger partial charge in [-0.25, -0.2) is 29.6 Å². The number of carbonyl (C=O) groups is 3. The minimum Gasteiger partial charge on any atom is -0.377 e. The minimum atomic E-state index is -0.763. The lowest BCUT2D eigenvalue weighted by molar-refractivity contribution is -0.122. The number of amides is 4. The number of fused-ring (bicyclic) bond motifs is 2. The number of nitrogens with one attached hydrogen (secondary N) is 2. The van der Waals surface area contributed by atoms with E-state index in [2.05, 4.69) is 30.5 Å². The molecule has 2 fully saturated rings. The van der Waals surface area contributed by atoms with Crippen molar-refractivity contribution in [3.05, 3.63) is 58.6 Å². The maximum atomic E-state index is 13.4. The number of aryl methyl sites for hydroxylation is 1. The second-order valence-corrected chi connectivity index (χ2v) is 12.0. The highest BCUT2D eigenvalue weighted by Gasteiger charge is 2.53. The molecule has 3 aliphatic rings. The molecular weight excluding hydrogens is 654 g/mol. The summed E-state index contributed by atoms with van der Waals surface area (Å²) in [6, 6.07) is 7.55. The molecule has 49 heavy (non-hydrogen) atoms. The zero-order valence-corrected chi connectivity index (χ0v) is 27.3. The van der Waals surface area contributed by atoms with E-state index >= 15 is 0 Å². The van der Waals surface area contributed by atoms with E-state index in [1.807, 2.05) is 25.1 Å². The summed E-state index contributed by atoms with van der Waals surface area (Å²) < 4.78 is 11.8. The summed E-state index contributed by atoms with van der Waals surface area (Å²) in [5, 5.41) is 19.2. The Bertz CT molecular complexity index is 2000. The van der Waals surface area contributed by atoms with Crippen LogP contribution in [0.1, 0.15) is 23.2 Å². The molecule has 250 valence electrons. The lowest BCUT2D eigenvalue weighted by Gasteiger charge is -2.28. The first-order chi connectivity index (χ1) is 23.8. The zero-order valence-electron chi connectivity index (χ0n) is 26.5. The van der Waals surface area contributed by atoms with E-state index in [1.54, 1.807) is 24.1 Å². The topological polar surface area (TPSA) is 195 Å². The molecule has 0 aliphatic carbocycles. The molecule has 1 aromatic carbocycles. The van der Waals surface area contributed by atoms with Crippen LogP contribution in [0.15, 0.2) is 36.8 Å². The average molecular weight is 684 g/mol. The van der Waals surface area contributed by atoms with Crippen LogP contribution in [0.2, 0.25) is 5.02 Å². The van der Waals surface area contributed by atoms with Crippen molar-refractivity contribution in [2.24, 2.45) is 0 Å². The Morgan fingerprint density at radius 3 is 2.69 bits per heavy atom. The number of hydrogen-bond donors (Lipinski definition) is 2. The number of benzene rings is 1. The molecule has 4 aromatic rings. The molecule has 3 aliphatic heterocycles. The number of urea groups is 1. The Hall–Kier alpha value is -5.50. The summed E-state index contributed by atoms with van der Waals surface area (Å²) in [6.07, 6.45) is 3.06. The molecule has 3 aromatic heterocycles. The number of aromatic nitrogens is 6. The summed E-state index contributed by atoms with van der Waals surface area (Å²) in [5.74, 6) is 0.867. The molecule has 4 amide bonds. The van der Waals surface area contributed by atoms with Gasteiger partial charge in [-0.15, -0.1) is 0 Å². The second-order valence-electron chi connectivity index (χ2n) is 11.6. The molecule has 1 unspecified atom stereocenters. The highest BCUT2D eigenvalue weighted by molar-refractivity contribution is 6.33. The Labute approximate surface area is 285 Å². The van der Waals surface area contributed by atoms with Gasteiger partial charge in [0, 0.05) is 17.8 Å². The number of halogens is 1. The lowest BCUT2D eigenvalue weighted by atomic mass is 10.1. The first-order valence-corrected chi connectivity index (χ1v) is 15.9. The van der Waals surface area contributed by atoms with Crippen molar-refractivity contribution in [2.75, 3.05) is 54.6 Å². The number of ether oxygens (including phenoxy) is 2. The lowest BCUT2D eigenvalue weighted by Crippen LogP contribution is -2.43. The van der Waals surface area contributed by atoms with Crippen molar-refractivity contribution in [1.82, 2.24) is 35.0 Å². The largest absolute Gasteiger partial charge is 0.377 e. The van der Waals surface area contributed by atoms with E-state index in [1.165, 1.54) is 17.3 Å². The SMILES string of the molecule is Cc1nc(-c2ncn[nH]2)ccc1-c1cnc2c(n1)N(CCOCCOC1CCN3C(=O)N(c4ccc(C#N)c(Cl)c4C)C(=O)[C@H]13)C(=O)CN2. The van der Waals surface area contributed by atoms with Crippen molar-refractivity contribution in [2.45, 2.75) is 32.4 Å². The highest BCUT2D eigenvalue weighted by Crippen LogP contribution is 2.37. The average Bonchev–Trinajstić information content (AvgIpc) is 3.84. The van der Waals surface area contributed by atoms with E-state index < -0.39 is 24.1 Å². The fourth-order valence-electron chi connectivity index (χ4n) is 6.26. The first kappa shape index (κ1) is 32.1. The minimum absolute atomic E-state index is 0.0775. The van der Waals surface area contributed by atoms with Crippen molar-refractivity contribution in [3.8, 4) is 28.8 Å². The second kappa shape index (κ2) is 13.2. The van der Waals surface area contributed by atoms with Gasteiger partial charge in [0.15, 0.2) is 17.5 Å². The van der Waals surface area contributed by atoms with Crippen molar-refractivity contribution < 1.29 is 23.9 Å². The summed E-state index contributed by atoms with van der Waals surface area (Å²) in [7, 11) is 0. The van der Waals surface area contributed by atoms with Crippen molar-refractivity contribution in [3.63, 3.8) is 0 Å². The number of anilines is 3. The highest BCUT2D eigenvalue weighted by atomic mass is 35.5. The quantitative estimate of drug-likeness (QED) is 0.184. The molecule has 0 saturated carbocycles. The van der Waals surface area contributed by atoms with Gasteiger partial charge in [-0.2, -0.15) is 10.4 Å². The van der Waals surface area contributed by atoms with Gasteiger partial charge in [-0.3, -0.25) is 19.6 Å². The molecular formula is C32H30ClN11O5. The molecule has 7 rings (SSSR count). The third-order valence-electron chi connectivity index (χ3n) is 8.73. The fraction of sp³-hybridized carbons (Fsp3) is 0.344. The molecule has 17 heteroatoms. The van der Waals surface area contributed by atoms with Gasteiger partial charge in [0.1, 0.15) is 24.1 Å². The monoisotopic (exact) mass is 683 g/mol. The van der Waals surface area contributed by atoms with Crippen molar-refractivity contribution in [1.29, 1.82) is 5.26 Å². The number of pyridine rings is 1. The van der Waals surface area contributed by atoms with E-state index in [0.717, 1.165) is 10.5 Å². The third-order valence-corrected chi connectivity index (χ3v) is 9.22. The summed E-state index contributed by atoms with van der Waals surface area (Å²) >= 11 is 6.31. The molecule has 2 atom stereocenters. The van der Waals surface area contributed by atoms with Gasteiger partial charge in [0.25, 0.3) is 5.91 Å². The number of rotatable bonds is 10. The van der Waals surface area contributed by atoms with Crippen LogP contribution in [0.25, 0.3) is 22.8 Å². The Kier molecular flexibility index (Phi) is 8.63. The summed E-state index contributed by atoms with van der Waals surface area (Å²) in [5.41, 5.74) is 3.77. The van der Waals surface area contributed by atoms with Crippen molar-refractivity contribution >= 4 is 46.8 Å². The Morgan fingerprint density at radius 2 is 1.92 bits per heavy atom. The number of aromatic amines is 1. The molecule has 2 N–H and O–H groups in total. The summed E-state index contributed by atoms with van der Waals surface area (Å²) in [6.45, 7) is 4.82. The fourth-order valence-corrected chi connectivity index (χ4v) is 6.46. The Morgan fingerprint density at radius 1 is 1.06 bits per heavy atom. The van der Waals surface area contributed by atoms with Gasteiger partial charge in [-0.05, 0) is 50.1 Å². The van der Waals surface area contributed by atoms with Gasteiger partial charge in [-0.1, -0.05) is 11.6 Å². The van der Waals surface area contributed by atoms with Crippen LogP contribution in [0.5, 0.6) is 0 Å². The van der Waals surface area contributed by atoms with Crippen LogP contribution in [0, 0.1) is 25.2 Å². The smallest absolute Gasteiger partial charge is 0.332 e. The van der Waals surface area contributed by atoms with Crippen LogP contribution in [0.4, 0.5) is 22.1 Å². The number of imide groups is 1. The van der Waals surface area contributed by atoms with Crippen LogP contribution < -0.4 is 15.1 Å². The standard InChI is InChI=1S/C32H30ClN11O5/c1-17-23(6-3-19(13-34)26(17)33)44-31(46)27-24(7-8-43(27)32(44)47)49-12-11-48-10-9-42-25(45)15-36-29-30(42)40-22(14-35-29)20-4-5-21(39-18(20)2)28-37-16-38-41-28/h3-6,14,16,24,27H,7-12,15H2,1-2H3,(H,35,36)(H,37,38,41)/t24?,27-/m0/s1. The molecule has 6 heterocycles.